The van der Waals surface area contributed by atoms with E-state index in [4.69, 9.17) is 45.1 Å². The van der Waals surface area contributed by atoms with Crippen LogP contribution in [0.3, 0.4) is 0 Å². The zero-order valence-electron chi connectivity index (χ0n) is 35.1. The topological polar surface area (TPSA) is 145 Å². The molecule has 0 fully saturated rings. The van der Waals surface area contributed by atoms with Gasteiger partial charge in [0, 0.05) is 48.3 Å². The van der Waals surface area contributed by atoms with Crippen LogP contribution in [0.15, 0.2) is 155 Å². The smallest absolute Gasteiger partial charge is 0.336 e. The number of esters is 2. The van der Waals surface area contributed by atoms with Crippen LogP contribution in [0.1, 0.15) is 52.5 Å². The molecule has 0 radical (unpaired) electrons. The summed E-state index contributed by atoms with van der Waals surface area (Å²) in [6, 6.07) is 37.6. The maximum absolute atomic E-state index is 14.5. The van der Waals surface area contributed by atoms with E-state index >= 15 is 0 Å². The first-order chi connectivity index (χ1) is 31.2. The lowest BCUT2D eigenvalue weighted by Gasteiger charge is -2.22. The van der Waals surface area contributed by atoms with Crippen molar-refractivity contribution >= 4 is 35.2 Å². The van der Waals surface area contributed by atoms with Gasteiger partial charge >= 0.3 is 11.9 Å². The van der Waals surface area contributed by atoms with Gasteiger partial charge in [0.15, 0.2) is 0 Å². The van der Waals surface area contributed by atoms with E-state index in [9.17, 15) is 14.0 Å². The highest BCUT2D eigenvalue weighted by Crippen LogP contribution is 2.27. The lowest BCUT2D eigenvalue weighted by Crippen LogP contribution is -2.41. The number of hydrogen-bond acceptors (Lipinski definition) is 11. The van der Waals surface area contributed by atoms with Gasteiger partial charge in [-0.1, -0.05) is 110 Å². The summed E-state index contributed by atoms with van der Waals surface area (Å²) in [5.41, 5.74) is 5.30. The first kappa shape index (κ1) is 43.2. The van der Waals surface area contributed by atoms with Crippen LogP contribution in [0.2, 0.25) is 5.02 Å². The van der Waals surface area contributed by atoms with Crippen LogP contribution < -0.4 is 10.6 Å². The summed E-state index contributed by atoms with van der Waals surface area (Å²) < 4.78 is 32.1. The summed E-state index contributed by atoms with van der Waals surface area (Å²) in [5, 5.41) is 7.01. The highest BCUT2D eigenvalue weighted by Gasteiger charge is 2.32. The second kappa shape index (κ2) is 20.2. The number of nitrogens with one attached hydrogen (secondary N) is 2. The van der Waals surface area contributed by atoms with E-state index in [1.807, 2.05) is 91.9 Å². The van der Waals surface area contributed by atoms with E-state index in [0.717, 1.165) is 22.5 Å². The number of carbonyl (C=O) groups is 2. The van der Waals surface area contributed by atoms with Gasteiger partial charge in [0.05, 0.1) is 35.2 Å². The first-order valence-corrected chi connectivity index (χ1v) is 21.3. The Balaban J connectivity index is 1.12. The molecule has 13 heteroatoms. The SMILES string of the molecule is CCc1ccc(CC(Nc2ncc(-c3ccccc3)nc2Cc2cccc(F)c2)C(=O)OC(=O)C(Cc2ccc(C)o2)Nc2ncc(-c3ccccc3)nc2Cc2ccccc2Cl)o1. The number of furan rings is 2. The number of hydrogen-bond donors (Lipinski definition) is 2. The minimum Gasteiger partial charge on any atom is -0.466 e. The van der Waals surface area contributed by atoms with Gasteiger partial charge in [0.25, 0.3) is 0 Å². The van der Waals surface area contributed by atoms with Crippen molar-refractivity contribution in [2.24, 2.45) is 0 Å². The average molecular weight is 875 g/mol. The van der Waals surface area contributed by atoms with Crippen LogP contribution in [0, 0.1) is 12.7 Å². The van der Waals surface area contributed by atoms with Gasteiger partial charge in [-0.3, -0.25) is 0 Å². The van der Waals surface area contributed by atoms with Crippen molar-refractivity contribution in [1.82, 2.24) is 19.9 Å². The Morgan fingerprint density at radius 2 is 1.20 bits per heavy atom. The van der Waals surface area contributed by atoms with Gasteiger partial charge in [-0.25, -0.2) is 33.9 Å². The minimum absolute atomic E-state index is 0.00246. The van der Waals surface area contributed by atoms with E-state index in [1.165, 1.54) is 12.1 Å². The number of anilines is 2. The summed E-state index contributed by atoms with van der Waals surface area (Å²) >= 11 is 6.63. The first-order valence-electron chi connectivity index (χ1n) is 20.9. The predicted octanol–water partition coefficient (Wildman–Crippen LogP) is 10.4. The molecule has 0 saturated carbocycles. The second-order valence-corrected chi connectivity index (χ2v) is 15.6. The maximum Gasteiger partial charge on any atom is 0.336 e. The summed E-state index contributed by atoms with van der Waals surface area (Å²) in [5.74, 6) is 0.702. The molecule has 2 N–H and O–H groups in total. The predicted molar refractivity (Wildman–Crippen MR) is 243 cm³/mol. The van der Waals surface area contributed by atoms with Gasteiger partial charge in [0.2, 0.25) is 0 Å². The Bertz CT molecular complexity index is 2870. The molecule has 8 rings (SSSR count). The summed E-state index contributed by atoms with van der Waals surface area (Å²) in [4.78, 5) is 48.3. The van der Waals surface area contributed by atoms with Gasteiger partial charge in [-0.2, -0.15) is 0 Å². The lowest BCUT2D eigenvalue weighted by atomic mass is 10.1. The number of halogens is 2. The Kier molecular flexibility index (Phi) is 13.6. The fourth-order valence-corrected chi connectivity index (χ4v) is 7.38. The number of nitrogens with zero attached hydrogens (tertiary/aromatic N) is 4. The van der Waals surface area contributed by atoms with Crippen molar-refractivity contribution in [1.29, 1.82) is 0 Å². The van der Waals surface area contributed by atoms with E-state index in [1.54, 1.807) is 55.7 Å². The lowest BCUT2D eigenvalue weighted by molar-refractivity contribution is -0.160. The summed E-state index contributed by atoms with van der Waals surface area (Å²) in [7, 11) is 0. The molecule has 0 aliphatic rings. The molecule has 2 unspecified atom stereocenters. The second-order valence-electron chi connectivity index (χ2n) is 15.2. The molecule has 322 valence electrons. The van der Waals surface area contributed by atoms with E-state index in [2.05, 4.69) is 10.6 Å². The van der Waals surface area contributed by atoms with Crippen LogP contribution in [0.5, 0.6) is 0 Å². The molecule has 2 atom stereocenters. The highest BCUT2D eigenvalue weighted by atomic mass is 35.5. The molecule has 4 heterocycles. The maximum atomic E-state index is 14.5. The molecule has 4 aromatic heterocycles. The number of carbonyl (C=O) groups excluding carboxylic acids is 2. The van der Waals surface area contributed by atoms with Crippen molar-refractivity contribution in [2.75, 3.05) is 10.6 Å². The zero-order chi connectivity index (χ0) is 44.4. The average Bonchev–Trinajstić information content (AvgIpc) is 3.96. The molecule has 0 aliphatic carbocycles. The number of rotatable bonds is 17. The number of aromatic nitrogens is 4. The number of aryl methyl sites for hydroxylation is 2. The van der Waals surface area contributed by atoms with Gasteiger partial charge in [-0.15, -0.1) is 0 Å². The minimum atomic E-state index is -1.19. The molecular formula is C51H44ClFN6O5. The van der Waals surface area contributed by atoms with Crippen molar-refractivity contribution in [3.63, 3.8) is 0 Å². The zero-order valence-corrected chi connectivity index (χ0v) is 35.9. The summed E-state index contributed by atoms with van der Waals surface area (Å²) in [6.07, 6.45) is 4.33. The molecule has 4 aromatic carbocycles. The van der Waals surface area contributed by atoms with E-state index in [-0.39, 0.29) is 31.5 Å². The normalized spacial score (nSPS) is 12.1. The molecule has 64 heavy (non-hydrogen) atoms. The molecular weight excluding hydrogens is 831 g/mol. The fourth-order valence-electron chi connectivity index (χ4n) is 7.18. The van der Waals surface area contributed by atoms with Crippen molar-refractivity contribution < 1.29 is 27.6 Å². The Labute approximate surface area is 374 Å². The quantitative estimate of drug-likeness (QED) is 0.0666. The van der Waals surface area contributed by atoms with Crippen LogP contribution in [0.4, 0.5) is 16.0 Å². The Morgan fingerprint density at radius 3 is 1.75 bits per heavy atom. The number of benzene rings is 4. The standard InChI is InChI=1S/C51H44ClFN6O5/c1-3-38-23-24-40(63-38)29-45(58-48-42(26-33-13-12-19-37(53)25-33)56-46(30-54-48)34-14-6-4-7-15-34)51(61)64-50(60)44(28-39-22-21-32(2)62-39)59-49-43(27-36-18-10-11-20-41(36)52)57-47(31-55-49)35-16-8-5-9-17-35/h4-25,30-31,44-45H,3,26-29H2,1-2H3,(H,54,58)(H,55,59). The monoisotopic (exact) mass is 874 g/mol. The third-order valence-corrected chi connectivity index (χ3v) is 10.8. The van der Waals surface area contributed by atoms with Crippen molar-refractivity contribution in [3.05, 3.63) is 202 Å². The van der Waals surface area contributed by atoms with Crippen LogP contribution in [-0.2, 0) is 46.4 Å². The van der Waals surface area contributed by atoms with Gasteiger partial charge in [-0.05, 0) is 60.5 Å². The molecule has 0 bridgehead atoms. The molecule has 0 spiro atoms. The molecule has 0 amide bonds. The van der Waals surface area contributed by atoms with Gasteiger partial charge < -0.3 is 24.2 Å². The molecule has 0 aliphatic heterocycles. The highest BCUT2D eigenvalue weighted by molar-refractivity contribution is 6.31. The summed E-state index contributed by atoms with van der Waals surface area (Å²) in [6.45, 7) is 3.76. The van der Waals surface area contributed by atoms with Crippen molar-refractivity contribution in [3.8, 4) is 22.5 Å². The third kappa shape index (κ3) is 10.9. The Hall–Kier alpha value is -7.44. The fraction of sp³-hybridized carbons (Fsp3) is 0.176. The van der Waals surface area contributed by atoms with E-state index in [0.29, 0.717) is 62.9 Å². The molecule has 11 nitrogen and oxygen atoms in total. The van der Waals surface area contributed by atoms with E-state index < -0.39 is 29.8 Å². The van der Waals surface area contributed by atoms with Crippen LogP contribution in [-0.4, -0.2) is 44.0 Å². The molecule has 0 saturated heterocycles. The van der Waals surface area contributed by atoms with Crippen LogP contribution >= 0.6 is 11.6 Å². The largest absolute Gasteiger partial charge is 0.466 e. The third-order valence-electron chi connectivity index (χ3n) is 10.5. The van der Waals surface area contributed by atoms with Crippen molar-refractivity contribution in [2.45, 2.75) is 58.0 Å². The number of ether oxygens (including phenoxy) is 1. The van der Waals surface area contributed by atoms with Gasteiger partial charge in [0.1, 0.15) is 52.6 Å². The molecule has 8 aromatic rings. The Morgan fingerprint density at radius 1 is 0.656 bits per heavy atom. The van der Waals surface area contributed by atoms with Crippen LogP contribution in [0.25, 0.3) is 22.5 Å².